The third-order valence-electron chi connectivity index (χ3n) is 3.58. The van der Waals surface area contributed by atoms with Crippen LogP contribution in [0.5, 0.6) is 0 Å². The Bertz CT molecular complexity index is 803. The second kappa shape index (κ2) is 7.82. The van der Waals surface area contributed by atoms with Gasteiger partial charge >= 0.3 is 5.97 Å². The standard InChI is InChI=1S/C20H22N2O4/c1-20(2,3)12-21-17(23)13-4-6-14(7-5-13)18(24)22-16-10-8-15(9-11-16)19(25)26/h4-11H,12H2,1-3H3,(H,21,23)(H,22,24)(H,25,26). The fraction of sp³-hybridized carbons (Fsp3) is 0.250. The van der Waals surface area contributed by atoms with E-state index in [1.165, 1.54) is 24.3 Å². The Balaban J connectivity index is 1.99. The van der Waals surface area contributed by atoms with Crippen LogP contribution < -0.4 is 10.6 Å². The quantitative estimate of drug-likeness (QED) is 0.767. The molecular weight excluding hydrogens is 332 g/mol. The topological polar surface area (TPSA) is 95.5 Å². The van der Waals surface area contributed by atoms with Crippen LogP contribution in [0.3, 0.4) is 0 Å². The lowest BCUT2D eigenvalue weighted by atomic mass is 9.97. The molecule has 0 heterocycles. The molecule has 3 N–H and O–H groups in total. The zero-order chi connectivity index (χ0) is 19.3. The van der Waals surface area contributed by atoms with E-state index in [-0.39, 0.29) is 22.8 Å². The van der Waals surface area contributed by atoms with Gasteiger partial charge in [0, 0.05) is 23.4 Å². The number of anilines is 1. The van der Waals surface area contributed by atoms with Gasteiger partial charge in [0.05, 0.1) is 5.56 Å². The van der Waals surface area contributed by atoms with E-state index in [9.17, 15) is 14.4 Å². The maximum Gasteiger partial charge on any atom is 0.335 e. The zero-order valence-corrected chi connectivity index (χ0v) is 15.0. The maximum atomic E-state index is 12.2. The molecule has 136 valence electrons. The number of benzene rings is 2. The summed E-state index contributed by atoms with van der Waals surface area (Å²) in [5.41, 5.74) is 1.52. The van der Waals surface area contributed by atoms with Crippen molar-refractivity contribution in [1.29, 1.82) is 0 Å². The third-order valence-corrected chi connectivity index (χ3v) is 3.58. The first-order valence-electron chi connectivity index (χ1n) is 8.19. The SMILES string of the molecule is CC(C)(C)CNC(=O)c1ccc(C(=O)Nc2ccc(C(=O)O)cc2)cc1. The second-order valence-electron chi connectivity index (χ2n) is 7.16. The molecule has 0 aliphatic rings. The summed E-state index contributed by atoms with van der Waals surface area (Å²) < 4.78 is 0. The van der Waals surface area contributed by atoms with E-state index in [4.69, 9.17) is 5.11 Å². The number of carbonyl (C=O) groups excluding carboxylic acids is 2. The molecule has 2 aromatic rings. The van der Waals surface area contributed by atoms with Gasteiger partial charge in [-0.15, -0.1) is 0 Å². The van der Waals surface area contributed by atoms with Gasteiger partial charge in [0.25, 0.3) is 11.8 Å². The lowest BCUT2D eigenvalue weighted by molar-refractivity contribution is 0.0696. The zero-order valence-electron chi connectivity index (χ0n) is 15.0. The van der Waals surface area contributed by atoms with Gasteiger partial charge in [0.2, 0.25) is 0 Å². The maximum absolute atomic E-state index is 12.2. The van der Waals surface area contributed by atoms with Crippen molar-refractivity contribution < 1.29 is 19.5 Å². The molecule has 0 aliphatic carbocycles. The van der Waals surface area contributed by atoms with Gasteiger partial charge < -0.3 is 15.7 Å². The summed E-state index contributed by atoms with van der Waals surface area (Å²) in [6, 6.07) is 12.2. The molecule has 2 aromatic carbocycles. The predicted octanol–water partition coefficient (Wildman–Crippen LogP) is 3.41. The normalized spacial score (nSPS) is 10.9. The Morgan fingerprint density at radius 2 is 1.27 bits per heavy atom. The lowest BCUT2D eigenvalue weighted by Crippen LogP contribution is -2.32. The van der Waals surface area contributed by atoms with Gasteiger partial charge in [0.15, 0.2) is 0 Å². The van der Waals surface area contributed by atoms with E-state index in [2.05, 4.69) is 10.6 Å². The van der Waals surface area contributed by atoms with E-state index >= 15 is 0 Å². The van der Waals surface area contributed by atoms with Crippen molar-refractivity contribution >= 4 is 23.5 Å². The van der Waals surface area contributed by atoms with Crippen LogP contribution in [0.25, 0.3) is 0 Å². The number of aromatic carboxylic acids is 1. The molecule has 2 amide bonds. The van der Waals surface area contributed by atoms with Gasteiger partial charge in [-0.3, -0.25) is 9.59 Å². The van der Waals surface area contributed by atoms with Gasteiger partial charge in [-0.1, -0.05) is 20.8 Å². The van der Waals surface area contributed by atoms with Crippen molar-refractivity contribution in [2.75, 3.05) is 11.9 Å². The Hall–Kier alpha value is -3.15. The Morgan fingerprint density at radius 3 is 1.73 bits per heavy atom. The van der Waals surface area contributed by atoms with Crippen LogP contribution in [0.15, 0.2) is 48.5 Å². The average molecular weight is 354 g/mol. The molecule has 0 unspecified atom stereocenters. The fourth-order valence-electron chi connectivity index (χ4n) is 2.12. The molecule has 0 aromatic heterocycles. The van der Waals surface area contributed by atoms with E-state index < -0.39 is 5.97 Å². The van der Waals surface area contributed by atoms with Crippen LogP contribution >= 0.6 is 0 Å². The summed E-state index contributed by atoms with van der Waals surface area (Å²) in [4.78, 5) is 35.2. The molecule has 2 rings (SSSR count). The summed E-state index contributed by atoms with van der Waals surface area (Å²) in [6.07, 6.45) is 0. The smallest absolute Gasteiger partial charge is 0.335 e. The van der Waals surface area contributed by atoms with E-state index in [0.29, 0.717) is 23.4 Å². The van der Waals surface area contributed by atoms with Crippen LogP contribution in [0.2, 0.25) is 0 Å². The highest BCUT2D eigenvalue weighted by atomic mass is 16.4. The van der Waals surface area contributed by atoms with Gasteiger partial charge in [-0.2, -0.15) is 0 Å². The summed E-state index contributed by atoms with van der Waals surface area (Å²) in [5.74, 6) is -1.55. The minimum absolute atomic E-state index is 0.00826. The Morgan fingerprint density at radius 1 is 0.808 bits per heavy atom. The first-order chi connectivity index (χ1) is 12.2. The molecule has 0 aliphatic heterocycles. The molecule has 6 nitrogen and oxygen atoms in total. The van der Waals surface area contributed by atoms with Crippen LogP contribution in [-0.4, -0.2) is 29.4 Å². The monoisotopic (exact) mass is 354 g/mol. The van der Waals surface area contributed by atoms with Gasteiger partial charge in [-0.05, 0) is 53.9 Å². The van der Waals surface area contributed by atoms with E-state index in [0.717, 1.165) is 0 Å². The summed E-state index contributed by atoms with van der Waals surface area (Å²) in [7, 11) is 0. The van der Waals surface area contributed by atoms with Crippen LogP contribution in [-0.2, 0) is 0 Å². The number of carboxylic acid groups (broad SMARTS) is 1. The third kappa shape index (κ3) is 5.44. The lowest BCUT2D eigenvalue weighted by Gasteiger charge is -2.18. The number of nitrogens with one attached hydrogen (secondary N) is 2. The minimum Gasteiger partial charge on any atom is -0.478 e. The molecule has 0 saturated carbocycles. The first kappa shape index (κ1) is 19.2. The Labute approximate surface area is 152 Å². The molecular formula is C20H22N2O4. The summed E-state index contributed by atoms with van der Waals surface area (Å²) in [6.45, 7) is 6.65. The van der Waals surface area contributed by atoms with Gasteiger partial charge in [0.1, 0.15) is 0 Å². The second-order valence-corrected chi connectivity index (χ2v) is 7.16. The number of carbonyl (C=O) groups is 3. The summed E-state index contributed by atoms with van der Waals surface area (Å²) >= 11 is 0. The van der Waals surface area contributed by atoms with E-state index in [1.54, 1.807) is 24.3 Å². The van der Waals surface area contributed by atoms with Crippen molar-refractivity contribution in [2.24, 2.45) is 5.41 Å². The molecule has 0 saturated heterocycles. The number of amides is 2. The van der Waals surface area contributed by atoms with Crippen molar-refractivity contribution in [3.63, 3.8) is 0 Å². The molecule has 0 atom stereocenters. The molecule has 0 radical (unpaired) electrons. The highest BCUT2D eigenvalue weighted by Crippen LogP contribution is 2.13. The van der Waals surface area contributed by atoms with Gasteiger partial charge in [-0.25, -0.2) is 4.79 Å². The molecule has 6 heteroatoms. The number of hydrogen-bond acceptors (Lipinski definition) is 3. The highest BCUT2D eigenvalue weighted by molar-refractivity contribution is 6.05. The molecule has 0 bridgehead atoms. The van der Waals surface area contributed by atoms with Crippen molar-refractivity contribution in [3.8, 4) is 0 Å². The van der Waals surface area contributed by atoms with Crippen molar-refractivity contribution in [1.82, 2.24) is 5.32 Å². The fourth-order valence-corrected chi connectivity index (χ4v) is 2.12. The van der Waals surface area contributed by atoms with Crippen LogP contribution in [0.1, 0.15) is 51.8 Å². The Kier molecular flexibility index (Phi) is 5.77. The first-order valence-corrected chi connectivity index (χ1v) is 8.19. The van der Waals surface area contributed by atoms with Crippen LogP contribution in [0, 0.1) is 5.41 Å². The van der Waals surface area contributed by atoms with Crippen LogP contribution in [0.4, 0.5) is 5.69 Å². The average Bonchev–Trinajstić information content (AvgIpc) is 2.59. The predicted molar refractivity (Wildman–Crippen MR) is 99.6 cm³/mol. The molecule has 0 fully saturated rings. The highest BCUT2D eigenvalue weighted by Gasteiger charge is 2.14. The molecule has 26 heavy (non-hydrogen) atoms. The number of carboxylic acids is 1. The summed E-state index contributed by atoms with van der Waals surface area (Å²) in [5, 5.41) is 14.4. The number of hydrogen-bond donors (Lipinski definition) is 3. The van der Waals surface area contributed by atoms with Crippen molar-refractivity contribution in [3.05, 3.63) is 65.2 Å². The van der Waals surface area contributed by atoms with E-state index in [1.807, 2.05) is 20.8 Å². The minimum atomic E-state index is -1.02. The largest absolute Gasteiger partial charge is 0.478 e. The van der Waals surface area contributed by atoms with Crippen molar-refractivity contribution in [2.45, 2.75) is 20.8 Å². The number of rotatable bonds is 5. The molecule has 0 spiro atoms.